The highest BCUT2D eigenvalue weighted by atomic mass is 35.6. The maximum atomic E-state index is 11.4. The quantitative estimate of drug-likeness (QED) is 0.848. The van der Waals surface area contributed by atoms with Crippen molar-refractivity contribution in [2.75, 3.05) is 5.32 Å². The molecular weight excluding hydrogens is 296 g/mol. The number of alkyl halides is 3. The minimum Gasteiger partial charge on any atom is -0.491 e. The Labute approximate surface area is 121 Å². The van der Waals surface area contributed by atoms with Crippen LogP contribution in [0, 0.1) is 0 Å². The van der Waals surface area contributed by atoms with Crippen LogP contribution in [0.15, 0.2) is 24.3 Å². The molecular formula is C12H14Cl3NO2. The number of hydrogen-bond donors (Lipinski definition) is 1. The summed E-state index contributed by atoms with van der Waals surface area (Å²) in [6, 6.07) is 6.87. The molecule has 0 aliphatic carbocycles. The van der Waals surface area contributed by atoms with Crippen molar-refractivity contribution in [2.45, 2.75) is 30.2 Å². The number of halogens is 3. The van der Waals surface area contributed by atoms with Gasteiger partial charge < -0.3 is 10.1 Å². The molecule has 18 heavy (non-hydrogen) atoms. The molecule has 0 aliphatic heterocycles. The van der Waals surface area contributed by atoms with Crippen LogP contribution < -0.4 is 10.1 Å². The van der Waals surface area contributed by atoms with Crippen LogP contribution in [-0.4, -0.2) is 15.8 Å². The molecule has 1 aromatic rings. The van der Waals surface area contributed by atoms with Gasteiger partial charge in [0.15, 0.2) is 0 Å². The topological polar surface area (TPSA) is 38.3 Å². The molecule has 1 N–H and O–H groups in total. The summed E-state index contributed by atoms with van der Waals surface area (Å²) >= 11 is 16.3. The Morgan fingerprint density at radius 2 is 1.89 bits per heavy atom. The van der Waals surface area contributed by atoms with Crippen LogP contribution in [0.5, 0.6) is 5.75 Å². The average Bonchev–Trinajstić information content (AvgIpc) is 2.30. The van der Waals surface area contributed by atoms with E-state index in [1.54, 1.807) is 24.3 Å². The largest absolute Gasteiger partial charge is 0.491 e. The van der Waals surface area contributed by atoms with Gasteiger partial charge in [0.2, 0.25) is 0 Å². The van der Waals surface area contributed by atoms with Gasteiger partial charge in [-0.1, -0.05) is 41.7 Å². The second kappa shape index (κ2) is 6.50. The molecule has 0 aromatic heterocycles. The Balaban J connectivity index is 2.63. The monoisotopic (exact) mass is 309 g/mol. The number of benzene rings is 1. The lowest BCUT2D eigenvalue weighted by atomic mass is 10.3. The minimum absolute atomic E-state index is 0.145. The highest BCUT2D eigenvalue weighted by Crippen LogP contribution is 2.28. The van der Waals surface area contributed by atoms with Crippen molar-refractivity contribution in [1.82, 2.24) is 0 Å². The van der Waals surface area contributed by atoms with Gasteiger partial charge in [0.1, 0.15) is 5.75 Å². The normalized spacial score (nSPS) is 12.9. The van der Waals surface area contributed by atoms with Crippen molar-refractivity contribution >= 4 is 46.4 Å². The van der Waals surface area contributed by atoms with E-state index in [-0.39, 0.29) is 6.10 Å². The summed E-state index contributed by atoms with van der Waals surface area (Å²) in [5.41, 5.74) is 0.544. The number of anilines is 1. The van der Waals surface area contributed by atoms with Crippen LogP contribution in [0.1, 0.15) is 20.3 Å². The van der Waals surface area contributed by atoms with Gasteiger partial charge in [-0.25, -0.2) is 0 Å². The summed E-state index contributed by atoms with van der Waals surface area (Å²) < 4.78 is 3.63. The molecule has 0 fully saturated rings. The molecule has 0 heterocycles. The maximum Gasteiger partial charge on any atom is 0.276 e. The lowest BCUT2D eigenvalue weighted by molar-refractivity contribution is -0.115. The van der Waals surface area contributed by atoms with E-state index in [1.807, 2.05) is 13.8 Å². The number of amides is 1. The molecule has 3 nitrogen and oxygen atoms in total. The molecule has 0 saturated heterocycles. The number of hydrogen-bond acceptors (Lipinski definition) is 2. The first-order valence-corrected chi connectivity index (χ1v) is 6.61. The maximum absolute atomic E-state index is 11.4. The van der Waals surface area contributed by atoms with Crippen LogP contribution >= 0.6 is 34.8 Å². The van der Waals surface area contributed by atoms with Crippen molar-refractivity contribution in [1.29, 1.82) is 0 Å². The summed E-state index contributed by atoms with van der Waals surface area (Å²) in [5.74, 6) is 0.0410. The van der Waals surface area contributed by atoms with Gasteiger partial charge in [-0.2, -0.15) is 0 Å². The fraction of sp³-hybridized carbons (Fsp3) is 0.417. The van der Waals surface area contributed by atoms with Crippen molar-refractivity contribution in [3.05, 3.63) is 24.3 Å². The van der Waals surface area contributed by atoms with Gasteiger partial charge in [0.05, 0.1) is 6.10 Å². The van der Waals surface area contributed by atoms with Gasteiger partial charge in [-0.05, 0) is 37.6 Å². The lowest BCUT2D eigenvalue weighted by Crippen LogP contribution is -2.26. The third kappa shape index (κ3) is 4.92. The predicted octanol–water partition coefficient (Wildman–Crippen LogP) is 4.17. The Bertz CT molecular complexity index is 401. The van der Waals surface area contributed by atoms with Gasteiger partial charge >= 0.3 is 0 Å². The summed E-state index contributed by atoms with van der Waals surface area (Å²) in [4.78, 5) is 11.4. The van der Waals surface area contributed by atoms with Gasteiger partial charge in [0.25, 0.3) is 9.70 Å². The van der Waals surface area contributed by atoms with Crippen molar-refractivity contribution in [3.8, 4) is 5.75 Å². The Hall–Kier alpha value is -0.640. The Morgan fingerprint density at radius 1 is 1.33 bits per heavy atom. The zero-order valence-electron chi connectivity index (χ0n) is 10.0. The summed E-state index contributed by atoms with van der Waals surface area (Å²) in [7, 11) is 0. The third-order valence-corrected chi connectivity index (χ3v) is 2.80. The molecule has 1 atom stereocenters. The van der Waals surface area contributed by atoms with E-state index >= 15 is 0 Å². The van der Waals surface area contributed by atoms with E-state index in [2.05, 4.69) is 5.32 Å². The van der Waals surface area contributed by atoms with E-state index < -0.39 is 9.70 Å². The molecule has 0 unspecified atom stereocenters. The smallest absolute Gasteiger partial charge is 0.276 e. The second-order valence-electron chi connectivity index (χ2n) is 3.81. The van der Waals surface area contributed by atoms with Crippen molar-refractivity contribution in [2.24, 2.45) is 0 Å². The number of ether oxygens (including phenoxy) is 1. The zero-order valence-corrected chi connectivity index (χ0v) is 12.3. The molecule has 0 radical (unpaired) electrons. The fourth-order valence-electron chi connectivity index (χ4n) is 1.13. The Morgan fingerprint density at radius 3 is 2.33 bits per heavy atom. The van der Waals surface area contributed by atoms with Gasteiger partial charge in [-0.15, -0.1) is 0 Å². The Kier molecular flexibility index (Phi) is 5.57. The molecule has 6 heteroatoms. The van der Waals surface area contributed by atoms with Crippen LogP contribution in [0.25, 0.3) is 0 Å². The average molecular weight is 311 g/mol. The van der Waals surface area contributed by atoms with E-state index in [1.165, 1.54) is 0 Å². The fourth-order valence-corrected chi connectivity index (χ4v) is 1.28. The van der Waals surface area contributed by atoms with E-state index in [9.17, 15) is 4.79 Å². The molecule has 0 saturated carbocycles. The first-order valence-electron chi connectivity index (χ1n) is 5.47. The van der Waals surface area contributed by atoms with Gasteiger partial charge in [-0.3, -0.25) is 4.79 Å². The third-order valence-electron chi connectivity index (χ3n) is 2.28. The second-order valence-corrected chi connectivity index (χ2v) is 6.09. The van der Waals surface area contributed by atoms with E-state index in [4.69, 9.17) is 39.5 Å². The van der Waals surface area contributed by atoms with Crippen LogP contribution in [0.2, 0.25) is 0 Å². The first kappa shape index (κ1) is 15.4. The SMILES string of the molecule is CC[C@@H](C)Oc1ccc(NC(=O)C(Cl)(Cl)Cl)cc1. The van der Waals surface area contributed by atoms with E-state index in [0.717, 1.165) is 12.2 Å². The highest BCUT2D eigenvalue weighted by Gasteiger charge is 2.30. The standard InChI is InChI=1S/C12H14Cl3NO2/c1-3-8(2)18-10-6-4-9(5-7-10)16-11(17)12(13,14)15/h4-8H,3H2,1-2H3,(H,16,17)/t8-/m1/s1. The summed E-state index contributed by atoms with van der Waals surface area (Å²) in [6.45, 7) is 4.03. The molecule has 1 aromatic carbocycles. The van der Waals surface area contributed by atoms with Gasteiger partial charge in [0, 0.05) is 5.69 Å². The minimum atomic E-state index is -1.97. The molecule has 1 rings (SSSR count). The summed E-state index contributed by atoms with van der Waals surface area (Å²) in [5, 5.41) is 2.49. The molecule has 100 valence electrons. The highest BCUT2D eigenvalue weighted by molar-refractivity contribution is 6.76. The molecule has 0 bridgehead atoms. The number of carbonyl (C=O) groups excluding carboxylic acids is 1. The molecule has 1 amide bonds. The first-order chi connectivity index (χ1) is 8.32. The van der Waals surface area contributed by atoms with Crippen molar-refractivity contribution in [3.63, 3.8) is 0 Å². The molecule has 0 spiro atoms. The van der Waals surface area contributed by atoms with Crippen LogP contribution in [-0.2, 0) is 4.79 Å². The summed E-state index contributed by atoms with van der Waals surface area (Å²) in [6.07, 6.45) is 1.07. The number of carbonyl (C=O) groups is 1. The van der Waals surface area contributed by atoms with E-state index in [0.29, 0.717) is 5.69 Å². The number of rotatable bonds is 4. The van der Waals surface area contributed by atoms with Crippen LogP contribution in [0.3, 0.4) is 0 Å². The number of nitrogens with one attached hydrogen (secondary N) is 1. The van der Waals surface area contributed by atoms with Crippen molar-refractivity contribution < 1.29 is 9.53 Å². The molecule has 0 aliphatic rings. The van der Waals surface area contributed by atoms with Crippen LogP contribution in [0.4, 0.5) is 5.69 Å². The zero-order chi connectivity index (χ0) is 13.8. The predicted molar refractivity (Wildman–Crippen MR) is 75.7 cm³/mol. The lowest BCUT2D eigenvalue weighted by Gasteiger charge is -2.14.